The molecule has 12 N–H and O–H groups in total. The van der Waals surface area contributed by atoms with Gasteiger partial charge in [0.25, 0.3) is 5.91 Å². The highest BCUT2D eigenvalue weighted by Crippen LogP contribution is 2.19. The Morgan fingerprint density at radius 2 is 1.45 bits per heavy atom. The van der Waals surface area contributed by atoms with Crippen molar-refractivity contribution in [3.05, 3.63) is 72.0 Å². The lowest BCUT2D eigenvalue weighted by Gasteiger charge is -2.31. The quantitative estimate of drug-likeness (QED) is 0.0395. The van der Waals surface area contributed by atoms with Crippen LogP contribution in [0, 0.1) is 23.7 Å². The molecule has 22 heteroatoms. The third-order valence-electron chi connectivity index (χ3n) is 12.1. The summed E-state index contributed by atoms with van der Waals surface area (Å²) >= 11 is 0. The van der Waals surface area contributed by atoms with E-state index in [-0.39, 0.29) is 43.6 Å². The fraction of sp³-hybridized carbons (Fsp3) is 0.551. The van der Waals surface area contributed by atoms with Gasteiger partial charge in [-0.2, -0.15) is 0 Å². The normalized spacial score (nSPS) is 25.5. The number of nitrogens with one attached hydrogen (secondary N) is 5. The van der Waals surface area contributed by atoms with Crippen LogP contribution in [0.5, 0.6) is 0 Å². The molecule has 1 aliphatic heterocycles. The van der Waals surface area contributed by atoms with Crippen LogP contribution in [0.4, 0.5) is 0 Å². The summed E-state index contributed by atoms with van der Waals surface area (Å²) in [7, 11) is 2.43. The highest BCUT2D eigenvalue weighted by atomic mass is 16.4. The molecule has 0 unspecified atom stereocenters. The predicted molar refractivity (Wildman–Crippen MR) is 264 cm³/mol. The molecule has 0 aliphatic carbocycles. The number of likely N-dealkylation sites (N-methyl/N-ethyl adjacent to an activating group) is 2. The summed E-state index contributed by atoms with van der Waals surface area (Å²) in [5.74, 6) is -12.8. The minimum absolute atomic E-state index is 0.000757. The van der Waals surface area contributed by atoms with E-state index in [1.165, 1.54) is 40.9 Å². The third-order valence-corrected chi connectivity index (χ3v) is 12.1. The minimum Gasteiger partial charge on any atom is -0.480 e. The maximum atomic E-state index is 14.4. The van der Waals surface area contributed by atoms with Crippen molar-refractivity contribution >= 4 is 59.2 Å². The first-order chi connectivity index (χ1) is 33.2. The number of aliphatic carboxylic acids is 2. The van der Waals surface area contributed by atoms with Crippen molar-refractivity contribution in [3.63, 3.8) is 0 Å². The zero-order valence-electron chi connectivity index (χ0n) is 42.1. The molecular formula is C49H74N10O12. The van der Waals surface area contributed by atoms with Gasteiger partial charge in [0.05, 0.1) is 24.0 Å². The number of carbonyl (C=O) groups excluding carboxylic acids is 7. The molecule has 0 radical (unpaired) electrons. The summed E-state index contributed by atoms with van der Waals surface area (Å²) in [5, 5.41) is 44.2. The Bertz CT molecular complexity index is 2180. The van der Waals surface area contributed by atoms with E-state index in [0.717, 1.165) is 15.4 Å². The van der Waals surface area contributed by atoms with Gasteiger partial charge < -0.3 is 63.2 Å². The number of allylic oxidation sites excluding steroid dienone is 2. The molecule has 7 amide bonds. The molecule has 1 aromatic carbocycles. The van der Waals surface area contributed by atoms with Crippen LogP contribution in [0.1, 0.15) is 86.1 Å². The number of aliphatic hydroxyl groups excluding tert-OH is 1. The Morgan fingerprint density at radius 1 is 0.845 bits per heavy atom. The standard InChI is InChI=1S/C49H74N10O12/c1-26(2)23-36-45(66)57-40(48(70)71)30(6)41(62)55-35(17-14-22-52-49(50)51)44(65)54-34(19-18-27(3)24-28(4)38(60)25-33-15-12-11-13-16-33)29(5)46(67)59(10)37(47(68)69)20-21-39(61)58(9)32(8)43(64)53-31(7)42(63)56-36/h11-13,15-16,18-19,24,26,28-31,34-38,40,60H,8,14,17,20-23,25H2,1-7,9-10H3,(H,53,64)(H,54,65)(H,55,62)(H,56,63)(H,57,66)(H,68,69)(H,70,71)(H4,50,51,52)/b19-18+,27-24+/t28-,29-,30-,31-,34-,35-,36-,37+,38-,40+/m0/s1. The fourth-order valence-corrected chi connectivity index (χ4v) is 7.55. The smallest absolute Gasteiger partial charge is 0.327 e. The van der Waals surface area contributed by atoms with Gasteiger partial charge in [-0.05, 0) is 57.4 Å². The summed E-state index contributed by atoms with van der Waals surface area (Å²) in [4.78, 5) is 128. The number of benzene rings is 1. The van der Waals surface area contributed by atoms with Gasteiger partial charge in [-0.15, -0.1) is 0 Å². The Labute approximate surface area is 415 Å². The molecule has 0 saturated carbocycles. The summed E-state index contributed by atoms with van der Waals surface area (Å²) in [5.41, 5.74) is 12.1. The molecule has 0 spiro atoms. The number of hydrogen-bond donors (Lipinski definition) is 10. The second-order valence-corrected chi connectivity index (χ2v) is 18.5. The SMILES string of the molecule is C=C1C(=O)N[C@@H](C)C(=O)N[C@@H](CC(C)C)C(=O)N[C@@H](C(=O)O)[C@H](C)C(=O)N[C@@H](CCCN=C(N)N)C(=O)N[C@@H](/C=C/C(C)=C/[C@H](C)[C@@H](O)Cc2ccccc2)[C@H](C)C(=O)N(C)[C@@H](C(=O)O)CCC(=O)N1C. The van der Waals surface area contributed by atoms with Crippen LogP contribution in [-0.4, -0.2) is 147 Å². The van der Waals surface area contributed by atoms with Crippen LogP contribution in [0.2, 0.25) is 0 Å². The van der Waals surface area contributed by atoms with Gasteiger partial charge in [-0.25, -0.2) is 9.59 Å². The molecular weight excluding hydrogens is 921 g/mol. The van der Waals surface area contributed by atoms with Crippen LogP contribution in [-0.2, 0) is 49.6 Å². The molecule has 71 heavy (non-hydrogen) atoms. The predicted octanol–water partition coefficient (Wildman–Crippen LogP) is 0.306. The summed E-state index contributed by atoms with van der Waals surface area (Å²) < 4.78 is 0. The first-order valence-electron chi connectivity index (χ1n) is 23.5. The molecule has 1 aliphatic rings. The molecule has 392 valence electrons. The Hall–Kier alpha value is -7.10. The van der Waals surface area contributed by atoms with Crippen LogP contribution in [0.15, 0.2) is 71.4 Å². The van der Waals surface area contributed by atoms with E-state index in [2.05, 4.69) is 38.2 Å². The Morgan fingerprint density at radius 3 is 2.03 bits per heavy atom. The van der Waals surface area contributed by atoms with Gasteiger partial charge in [-0.1, -0.05) is 95.3 Å². The lowest BCUT2D eigenvalue weighted by atomic mass is 9.94. The van der Waals surface area contributed by atoms with Crippen molar-refractivity contribution in [2.45, 2.75) is 129 Å². The van der Waals surface area contributed by atoms with Crippen molar-refractivity contribution in [1.29, 1.82) is 0 Å². The van der Waals surface area contributed by atoms with E-state index in [1.807, 2.05) is 37.3 Å². The number of aliphatic imine (C=N–C) groups is 1. The maximum absolute atomic E-state index is 14.4. The molecule has 1 saturated heterocycles. The molecule has 22 nitrogen and oxygen atoms in total. The molecule has 10 atom stereocenters. The van der Waals surface area contributed by atoms with E-state index in [4.69, 9.17) is 11.5 Å². The second-order valence-electron chi connectivity index (χ2n) is 18.5. The Balaban J connectivity index is 2.76. The van der Waals surface area contributed by atoms with E-state index >= 15 is 0 Å². The monoisotopic (exact) mass is 995 g/mol. The van der Waals surface area contributed by atoms with Crippen molar-refractivity contribution in [3.8, 4) is 0 Å². The summed E-state index contributed by atoms with van der Waals surface area (Å²) in [6.45, 7) is 14.6. The number of aliphatic hydroxyl groups is 1. The van der Waals surface area contributed by atoms with Gasteiger partial charge in [-0.3, -0.25) is 38.6 Å². The zero-order valence-corrected chi connectivity index (χ0v) is 42.1. The fourth-order valence-electron chi connectivity index (χ4n) is 7.55. The molecule has 0 bridgehead atoms. The number of carboxylic acid groups (broad SMARTS) is 2. The number of rotatable bonds is 14. The number of guanidine groups is 1. The lowest BCUT2D eigenvalue weighted by molar-refractivity contribution is -0.151. The van der Waals surface area contributed by atoms with Gasteiger partial charge in [0.2, 0.25) is 35.4 Å². The van der Waals surface area contributed by atoms with Gasteiger partial charge in [0.1, 0.15) is 35.9 Å². The molecule has 1 fully saturated rings. The number of hydrogen-bond acceptors (Lipinski definition) is 11. The largest absolute Gasteiger partial charge is 0.480 e. The highest BCUT2D eigenvalue weighted by Gasteiger charge is 2.38. The summed E-state index contributed by atoms with van der Waals surface area (Å²) in [6, 6.07) is 0.596. The van der Waals surface area contributed by atoms with Gasteiger partial charge >= 0.3 is 11.9 Å². The third kappa shape index (κ3) is 19.3. The van der Waals surface area contributed by atoms with E-state index in [1.54, 1.807) is 32.9 Å². The van der Waals surface area contributed by atoms with E-state index < -0.39 is 126 Å². The van der Waals surface area contributed by atoms with E-state index in [9.17, 15) is 58.5 Å². The molecule has 1 aromatic rings. The topological polar surface area (TPSA) is 345 Å². The zero-order chi connectivity index (χ0) is 53.9. The molecule has 2 rings (SSSR count). The summed E-state index contributed by atoms with van der Waals surface area (Å²) in [6.07, 6.45) is 3.59. The lowest BCUT2D eigenvalue weighted by Crippen LogP contribution is -2.59. The minimum atomic E-state index is -1.89. The highest BCUT2D eigenvalue weighted by molar-refractivity contribution is 6.00. The van der Waals surface area contributed by atoms with Crippen molar-refractivity contribution in [2.75, 3.05) is 20.6 Å². The molecule has 1 heterocycles. The average molecular weight is 995 g/mol. The molecule has 0 aromatic heterocycles. The van der Waals surface area contributed by atoms with Crippen molar-refractivity contribution in [1.82, 2.24) is 36.4 Å². The Kier molecular flexibility index (Phi) is 24.1. The van der Waals surface area contributed by atoms with Crippen LogP contribution in [0.25, 0.3) is 0 Å². The number of nitrogens with zero attached hydrogens (tertiary/aromatic N) is 3. The van der Waals surface area contributed by atoms with Gasteiger partial charge in [0.15, 0.2) is 5.96 Å². The maximum Gasteiger partial charge on any atom is 0.327 e. The number of carbonyl (C=O) groups is 9. The van der Waals surface area contributed by atoms with Crippen LogP contribution in [0.3, 0.4) is 0 Å². The first-order valence-corrected chi connectivity index (χ1v) is 23.5. The van der Waals surface area contributed by atoms with Crippen LogP contribution < -0.4 is 38.1 Å². The van der Waals surface area contributed by atoms with Gasteiger partial charge in [0, 0.05) is 33.0 Å². The average Bonchev–Trinajstić information content (AvgIpc) is 3.30. The van der Waals surface area contributed by atoms with E-state index in [0.29, 0.717) is 12.0 Å². The van der Waals surface area contributed by atoms with Crippen LogP contribution >= 0.6 is 0 Å². The van der Waals surface area contributed by atoms with Crippen molar-refractivity contribution in [2.24, 2.45) is 40.1 Å². The number of amides is 7. The first kappa shape index (κ1) is 60.0. The van der Waals surface area contributed by atoms with Crippen molar-refractivity contribution < 1.29 is 58.5 Å². The number of nitrogens with two attached hydrogens (primary N) is 2. The number of carboxylic acids is 2. The second kappa shape index (κ2) is 28.5.